The van der Waals surface area contributed by atoms with Gasteiger partial charge in [0.1, 0.15) is 5.52 Å². The van der Waals surface area contributed by atoms with Crippen molar-refractivity contribution < 1.29 is 0 Å². The van der Waals surface area contributed by atoms with Gasteiger partial charge in [0.15, 0.2) is 0 Å². The molecular formula is C9H10ClN3S. The fourth-order valence-corrected chi connectivity index (χ4v) is 2.18. The number of nitrogens with zero attached hydrogens (tertiary/aromatic N) is 1. The number of nitrogens with one attached hydrogen (secondary N) is 1. The van der Waals surface area contributed by atoms with E-state index >= 15 is 0 Å². The van der Waals surface area contributed by atoms with Crippen molar-refractivity contribution in [2.24, 2.45) is 5.73 Å². The Morgan fingerprint density at radius 1 is 1.50 bits per heavy atom. The number of aromatic nitrogens is 1. The van der Waals surface area contributed by atoms with Gasteiger partial charge < -0.3 is 11.1 Å². The van der Waals surface area contributed by atoms with Crippen molar-refractivity contribution in [2.75, 3.05) is 18.4 Å². The molecule has 2 rings (SSSR count). The van der Waals surface area contributed by atoms with E-state index in [0.29, 0.717) is 18.1 Å². The van der Waals surface area contributed by atoms with E-state index in [4.69, 9.17) is 17.3 Å². The van der Waals surface area contributed by atoms with Gasteiger partial charge in [-0.2, -0.15) is 0 Å². The monoisotopic (exact) mass is 227 g/mol. The molecule has 1 aromatic heterocycles. The van der Waals surface area contributed by atoms with Gasteiger partial charge in [-0.15, -0.1) is 11.3 Å². The predicted molar refractivity (Wildman–Crippen MR) is 62.2 cm³/mol. The van der Waals surface area contributed by atoms with Crippen molar-refractivity contribution in [3.05, 3.63) is 22.7 Å². The third kappa shape index (κ3) is 1.68. The van der Waals surface area contributed by atoms with Crippen molar-refractivity contribution in [2.45, 2.75) is 0 Å². The summed E-state index contributed by atoms with van der Waals surface area (Å²) >= 11 is 7.66. The topological polar surface area (TPSA) is 50.9 Å². The molecule has 0 saturated heterocycles. The molecule has 5 heteroatoms. The van der Waals surface area contributed by atoms with Gasteiger partial charge in [0.2, 0.25) is 0 Å². The molecule has 1 heterocycles. The molecular weight excluding hydrogens is 218 g/mol. The maximum absolute atomic E-state index is 6.06. The minimum atomic E-state index is 0.580. The molecule has 0 aliphatic rings. The third-order valence-electron chi connectivity index (χ3n) is 1.90. The zero-order valence-corrected chi connectivity index (χ0v) is 9.03. The molecule has 0 atom stereocenters. The van der Waals surface area contributed by atoms with Crippen LogP contribution in [0.15, 0.2) is 17.6 Å². The average molecular weight is 228 g/mol. The first-order valence-electron chi connectivity index (χ1n) is 4.28. The number of halogens is 1. The van der Waals surface area contributed by atoms with E-state index in [1.807, 2.05) is 17.6 Å². The lowest BCUT2D eigenvalue weighted by Crippen LogP contribution is -2.13. The second-order valence-electron chi connectivity index (χ2n) is 2.84. The molecule has 1 aromatic carbocycles. The standard InChI is InChI=1S/C9H10ClN3S/c10-6-1-2-7-9(13-5-14-7)8(6)12-4-3-11/h1-2,5,12H,3-4,11H2. The predicted octanol–water partition coefficient (Wildman–Crippen LogP) is 2.32. The number of hydrogen-bond donors (Lipinski definition) is 2. The number of benzene rings is 1. The Morgan fingerprint density at radius 2 is 2.36 bits per heavy atom. The summed E-state index contributed by atoms with van der Waals surface area (Å²) in [7, 11) is 0. The molecule has 0 fully saturated rings. The smallest absolute Gasteiger partial charge is 0.106 e. The van der Waals surface area contributed by atoms with Crippen LogP contribution in [0.1, 0.15) is 0 Å². The number of nitrogens with two attached hydrogens (primary N) is 1. The molecule has 0 spiro atoms. The van der Waals surface area contributed by atoms with E-state index in [-0.39, 0.29) is 0 Å². The van der Waals surface area contributed by atoms with Crippen molar-refractivity contribution in [1.82, 2.24) is 4.98 Å². The maximum atomic E-state index is 6.06. The Labute approximate surface area is 90.9 Å². The summed E-state index contributed by atoms with van der Waals surface area (Å²) in [5.41, 5.74) is 9.05. The SMILES string of the molecule is NCCNc1c(Cl)ccc2scnc12. The van der Waals surface area contributed by atoms with Gasteiger partial charge in [-0.1, -0.05) is 11.6 Å². The molecule has 0 saturated carbocycles. The number of anilines is 1. The lowest BCUT2D eigenvalue weighted by Gasteiger charge is -2.07. The second kappa shape index (κ2) is 4.13. The van der Waals surface area contributed by atoms with E-state index in [2.05, 4.69) is 10.3 Å². The van der Waals surface area contributed by atoms with Crippen LogP contribution in [-0.4, -0.2) is 18.1 Å². The molecule has 74 valence electrons. The van der Waals surface area contributed by atoms with Crippen molar-refractivity contribution in [1.29, 1.82) is 0 Å². The Balaban J connectivity index is 2.47. The quantitative estimate of drug-likeness (QED) is 0.846. The van der Waals surface area contributed by atoms with Gasteiger partial charge >= 0.3 is 0 Å². The van der Waals surface area contributed by atoms with E-state index in [1.54, 1.807) is 11.3 Å². The summed E-state index contributed by atoms with van der Waals surface area (Å²) in [6.07, 6.45) is 0. The fraction of sp³-hybridized carbons (Fsp3) is 0.222. The zero-order valence-electron chi connectivity index (χ0n) is 7.46. The van der Waals surface area contributed by atoms with E-state index in [9.17, 15) is 0 Å². The molecule has 3 N–H and O–H groups in total. The highest BCUT2D eigenvalue weighted by Gasteiger charge is 2.07. The van der Waals surface area contributed by atoms with Crippen LogP contribution in [0.4, 0.5) is 5.69 Å². The summed E-state index contributed by atoms with van der Waals surface area (Å²) in [6, 6.07) is 3.85. The highest BCUT2D eigenvalue weighted by Crippen LogP contribution is 2.31. The summed E-state index contributed by atoms with van der Waals surface area (Å²) in [6.45, 7) is 1.28. The molecule has 0 aliphatic carbocycles. The highest BCUT2D eigenvalue weighted by molar-refractivity contribution is 7.16. The second-order valence-corrected chi connectivity index (χ2v) is 4.13. The van der Waals surface area contributed by atoms with Crippen molar-refractivity contribution >= 4 is 38.8 Å². The summed E-state index contributed by atoms with van der Waals surface area (Å²) in [5.74, 6) is 0. The molecule has 0 amide bonds. The van der Waals surface area contributed by atoms with Gasteiger partial charge in [-0.3, -0.25) is 0 Å². The molecule has 3 nitrogen and oxygen atoms in total. The van der Waals surface area contributed by atoms with E-state index in [0.717, 1.165) is 15.9 Å². The molecule has 14 heavy (non-hydrogen) atoms. The van der Waals surface area contributed by atoms with Crippen LogP contribution in [0.5, 0.6) is 0 Å². The largest absolute Gasteiger partial charge is 0.381 e. The molecule has 0 unspecified atom stereocenters. The van der Waals surface area contributed by atoms with Gasteiger partial charge in [-0.05, 0) is 12.1 Å². The normalized spacial score (nSPS) is 10.7. The first-order valence-corrected chi connectivity index (χ1v) is 5.54. The van der Waals surface area contributed by atoms with Crippen LogP contribution < -0.4 is 11.1 Å². The van der Waals surface area contributed by atoms with Gasteiger partial charge in [0.25, 0.3) is 0 Å². The molecule has 0 aliphatic heterocycles. The first-order chi connectivity index (χ1) is 6.83. The van der Waals surface area contributed by atoms with Crippen LogP contribution in [-0.2, 0) is 0 Å². The minimum Gasteiger partial charge on any atom is -0.381 e. The number of hydrogen-bond acceptors (Lipinski definition) is 4. The van der Waals surface area contributed by atoms with Crippen LogP contribution in [0.3, 0.4) is 0 Å². The summed E-state index contributed by atoms with van der Waals surface area (Å²) in [5, 5.41) is 3.87. The summed E-state index contributed by atoms with van der Waals surface area (Å²) in [4.78, 5) is 4.26. The van der Waals surface area contributed by atoms with E-state index < -0.39 is 0 Å². The Bertz CT molecular complexity index is 441. The van der Waals surface area contributed by atoms with Crippen molar-refractivity contribution in [3.63, 3.8) is 0 Å². The highest BCUT2D eigenvalue weighted by atomic mass is 35.5. The van der Waals surface area contributed by atoms with Crippen LogP contribution in [0.25, 0.3) is 10.2 Å². The third-order valence-corrected chi connectivity index (χ3v) is 3.01. The fourth-order valence-electron chi connectivity index (χ4n) is 1.27. The Hall–Kier alpha value is -0.840. The van der Waals surface area contributed by atoms with Crippen LogP contribution in [0, 0.1) is 0 Å². The van der Waals surface area contributed by atoms with E-state index in [1.165, 1.54) is 0 Å². The number of thiazole rings is 1. The van der Waals surface area contributed by atoms with Gasteiger partial charge in [-0.25, -0.2) is 4.98 Å². The zero-order chi connectivity index (χ0) is 9.97. The average Bonchev–Trinajstić information content (AvgIpc) is 2.64. The molecule has 0 bridgehead atoms. The van der Waals surface area contributed by atoms with Gasteiger partial charge in [0.05, 0.1) is 20.9 Å². The van der Waals surface area contributed by atoms with Gasteiger partial charge in [0, 0.05) is 13.1 Å². The lowest BCUT2D eigenvalue weighted by molar-refractivity contribution is 1.03. The van der Waals surface area contributed by atoms with Crippen LogP contribution in [0.2, 0.25) is 5.02 Å². The maximum Gasteiger partial charge on any atom is 0.106 e. The summed E-state index contributed by atoms with van der Waals surface area (Å²) < 4.78 is 1.13. The first kappa shape index (κ1) is 9.71. The minimum absolute atomic E-state index is 0.580. The van der Waals surface area contributed by atoms with Crippen LogP contribution >= 0.6 is 22.9 Å². The van der Waals surface area contributed by atoms with Crippen molar-refractivity contribution in [3.8, 4) is 0 Å². The Morgan fingerprint density at radius 3 is 3.14 bits per heavy atom. The lowest BCUT2D eigenvalue weighted by atomic mass is 10.3. The molecule has 2 aromatic rings. The Kier molecular flexibility index (Phi) is 2.86. The number of rotatable bonds is 3. The number of fused-ring (bicyclic) bond motifs is 1. The molecule has 0 radical (unpaired) electrons.